The van der Waals surface area contributed by atoms with Crippen molar-refractivity contribution in [2.24, 2.45) is 0 Å². The van der Waals surface area contributed by atoms with Crippen LogP contribution in [0.15, 0.2) is 29.3 Å². The average molecular weight is 440 g/mol. The Balaban J connectivity index is 1.30. The summed E-state index contributed by atoms with van der Waals surface area (Å²) in [6.45, 7) is 11.5. The number of carbonyl (C=O) groups excluding carboxylic acids is 2. The zero-order chi connectivity index (χ0) is 22.7. The molecule has 6 nitrogen and oxygen atoms in total. The number of hydrogen-bond acceptors (Lipinski definition) is 5. The molecule has 1 spiro atoms. The third-order valence-corrected chi connectivity index (χ3v) is 7.57. The third kappa shape index (κ3) is 4.56. The van der Waals surface area contributed by atoms with Gasteiger partial charge in [-0.2, -0.15) is 0 Å². The lowest BCUT2D eigenvalue weighted by Crippen LogP contribution is -2.49. The van der Waals surface area contributed by atoms with E-state index < -0.39 is 5.60 Å². The van der Waals surface area contributed by atoms with E-state index in [0.29, 0.717) is 17.7 Å². The highest BCUT2D eigenvalue weighted by Gasteiger charge is 2.48. The molecule has 6 heteroatoms. The molecule has 3 aliphatic rings. The number of carbonyl (C=O) groups is 2. The Labute approximate surface area is 192 Å². The predicted octanol–water partition coefficient (Wildman–Crippen LogP) is 3.51. The smallest absolute Gasteiger partial charge is 0.335 e. The number of amides is 1. The minimum atomic E-state index is -0.695. The van der Waals surface area contributed by atoms with Gasteiger partial charge in [-0.25, -0.2) is 4.79 Å². The highest BCUT2D eigenvalue weighted by Crippen LogP contribution is 2.42. The van der Waals surface area contributed by atoms with Crippen LogP contribution in [-0.2, 0) is 14.3 Å². The molecule has 1 saturated carbocycles. The molecule has 174 valence electrons. The highest BCUT2D eigenvalue weighted by molar-refractivity contribution is 6.07. The molecule has 0 unspecified atom stereocenters. The van der Waals surface area contributed by atoms with Crippen LogP contribution in [0.2, 0.25) is 0 Å². The number of hydrogen-bond donors (Lipinski definition) is 1. The summed E-state index contributed by atoms with van der Waals surface area (Å²) in [6.07, 6.45) is 5.81. The molecule has 0 atom stereocenters. The van der Waals surface area contributed by atoms with Gasteiger partial charge in [-0.3, -0.25) is 9.69 Å². The van der Waals surface area contributed by atoms with Crippen molar-refractivity contribution in [3.63, 3.8) is 0 Å². The number of nitrogens with one attached hydrogen (secondary N) is 1. The molecule has 1 amide bonds. The zero-order valence-corrected chi connectivity index (χ0v) is 19.8. The molecule has 1 aromatic rings. The second-order valence-corrected chi connectivity index (χ2v) is 9.60. The molecule has 1 N–H and O–H groups in total. The lowest BCUT2D eigenvalue weighted by molar-refractivity contribution is -0.148. The molecule has 1 aliphatic carbocycles. The topological polar surface area (TPSA) is 61.9 Å². The normalized spacial score (nSPS) is 21.6. The van der Waals surface area contributed by atoms with Crippen LogP contribution >= 0.6 is 0 Å². The monoisotopic (exact) mass is 439 g/mol. The van der Waals surface area contributed by atoms with Crippen molar-refractivity contribution in [1.82, 2.24) is 10.2 Å². The van der Waals surface area contributed by atoms with Gasteiger partial charge in [-0.1, -0.05) is 25.0 Å². The Morgan fingerprint density at radius 1 is 1.03 bits per heavy atom. The van der Waals surface area contributed by atoms with Crippen LogP contribution in [0.25, 0.3) is 0 Å². The van der Waals surface area contributed by atoms with Gasteiger partial charge in [0.25, 0.3) is 5.91 Å². The van der Waals surface area contributed by atoms with Crippen molar-refractivity contribution in [2.75, 3.05) is 44.2 Å². The van der Waals surface area contributed by atoms with E-state index in [4.69, 9.17) is 4.74 Å². The summed E-state index contributed by atoms with van der Waals surface area (Å²) in [7, 11) is 0. The summed E-state index contributed by atoms with van der Waals surface area (Å²) in [5.74, 6) is -0.441. The Morgan fingerprint density at radius 3 is 2.41 bits per heavy atom. The van der Waals surface area contributed by atoms with E-state index in [1.165, 1.54) is 16.8 Å². The summed E-state index contributed by atoms with van der Waals surface area (Å²) in [5, 5.41) is 3.09. The van der Waals surface area contributed by atoms with Gasteiger partial charge in [0.15, 0.2) is 0 Å². The highest BCUT2D eigenvalue weighted by atomic mass is 16.6. The maximum absolute atomic E-state index is 13.1. The quantitative estimate of drug-likeness (QED) is 0.712. The van der Waals surface area contributed by atoms with Crippen LogP contribution in [0.1, 0.15) is 56.6 Å². The summed E-state index contributed by atoms with van der Waals surface area (Å²) >= 11 is 0. The lowest BCUT2D eigenvalue weighted by Gasteiger charge is -2.37. The zero-order valence-electron chi connectivity index (χ0n) is 19.8. The minimum Gasteiger partial charge on any atom is -0.451 e. The molecule has 0 aromatic heterocycles. The summed E-state index contributed by atoms with van der Waals surface area (Å²) in [4.78, 5) is 30.3. The molecule has 2 heterocycles. The summed E-state index contributed by atoms with van der Waals surface area (Å²) in [5.41, 5.74) is 4.41. The van der Waals surface area contributed by atoms with Gasteiger partial charge in [0.05, 0.1) is 5.57 Å². The molecule has 1 aromatic carbocycles. The van der Waals surface area contributed by atoms with Crippen molar-refractivity contribution in [3.05, 3.63) is 40.5 Å². The second-order valence-electron chi connectivity index (χ2n) is 9.60. The predicted molar refractivity (Wildman–Crippen MR) is 127 cm³/mol. The first-order valence-corrected chi connectivity index (χ1v) is 12.2. The van der Waals surface area contributed by atoms with Gasteiger partial charge in [0.2, 0.25) is 0 Å². The van der Waals surface area contributed by atoms with Gasteiger partial charge in [-0.15, -0.1) is 0 Å². The maximum Gasteiger partial charge on any atom is 0.335 e. The molecule has 4 rings (SSSR count). The van der Waals surface area contributed by atoms with Gasteiger partial charge >= 0.3 is 5.97 Å². The fourth-order valence-electron chi connectivity index (χ4n) is 5.48. The first-order valence-electron chi connectivity index (χ1n) is 12.2. The number of nitrogens with zero attached hydrogens (tertiary/aromatic N) is 2. The van der Waals surface area contributed by atoms with Gasteiger partial charge < -0.3 is 15.0 Å². The molecule has 32 heavy (non-hydrogen) atoms. The second kappa shape index (κ2) is 9.65. The van der Waals surface area contributed by atoms with Crippen molar-refractivity contribution < 1.29 is 14.3 Å². The number of esters is 1. The van der Waals surface area contributed by atoms with Crippen LogP contribution < -0.4 is 10.2 Å². The van der Waals surface area contributed by atoms with Crippen molar-refractivity contribution in [2.45, 2.75) is 64.9 Å². The Hall–Kier alpha value is -2.34. The van der Waals surface area contributed by atoms with Crippen LogP contribution in [0.3, 0.4) is 0 Å². The van der Waals surface area contributed by atoms with E-state index in [1.807, 2.05) is 0 Å². The van der Waals surface area contributed by atoms with E-state index in [9.17, 15) is 9.59 Å². The Bertz CT molecular complexity index is 892. The first-order chi connectivity index (χ1) is 15.4. The van der Waals surface area contributed by atoms with Crippen molar-refractivity contribution in [3.8, 4) is 0 Å². The molecular weight excluding hydrogens is 402 g/mol. The summed E-state index contributed by atoms with van der Waals surface area (Å²) < 4.78 is 5.79. The maximum atomic E-state index is 13.1. The van der Waals surface area contributed by atoms with E-state index in [-0.39, 0.29) is 11.9 Å². The Kier molecular flexibility index (Phi) is 6.89. The number of piperazine rings is 1. The fraction of sp³-hybridized carbons (Fsp3) is 0.615. The molecule has 0 radical (unpaired) electrons. The lowest BCUT2D eigenvalue weighted by atomic mass is 9.84. The fourth-order valence-corrected chi connectivity index (χ4v) is 5.48. The third-order valence-electron chi connectivity index (χ3n) is 7.57. The van der Waals surface area contributed by atoms with E-state index in [0.717, 1.165) is 71.2 Å². The molecule has 2 fully saturated rings. The largest absolute Gasteiger partial charge is 0.451 e. The van der Waals surface area contributed by atoms with E-state index in [1.54, 1.807) is 6.92 Å². The van der Waals surface area contributed by atoms with Crippen LogP contribution in [-0.4, -0.2) is 61.6 Å². The minimum absolute atomic E-state index is 0.121. The van der Waals surface area contributed by atoms with Crippen LogP contribution in [0, 0.1) is 13.8 Å². The number of benzene rings is 1. The number of rotatable bonds is 5. The molecule has 2 aliphatic heterocycles. The molecule has 1 saturated heterocycles. The van der Waals surface area contributed by atoms with Crippen LogP contribution in [0.5, 0.6) is 0 Å². The van der Waals surface area contributed by atoms with E-state index in [2.05, 4.69) is 47.2 Å². The van der Waals surface area contributed by atoms with E-state index >= 15 is 0 Å². The molecule has 0 bridgehead atoms. The standard InChI is InChI=1S/C26H37N3O3/c1-19-9-8-10-22(20(19)2)29-17-15-28(16-18-29)14-13-27-24(30)23-21(3)25(31)32-26(23)11-6-4-5-7-12-26/h8-10H,4-7,11-18H2,1-3H3,(H,27,30). The molecular formula is C26H37N3O3. The van der Waals surface area contributed by atoms with Crippen molar-refractivity contribution >= 4 is 17.6 Å². The van der Waals surface area contributed by atoms with Gasteiger partial charge in [0, 0.05) is 50.5 Å². The first kappa shape index (κ1) is 22.8. The average Bonchev–Trinajstić information content (AvgIpc) is 2.91. The summed E-state index contributed by atoms with van der Waals surface area (Å²) in [6, 6.07) is 6.51. The number of anilines is 1. The van der Waals surface area contributed by atoms with Crippen molar-refractivity contribution in [1.29, 1.82) is 0 Å². The number of aryl methyl sites for hydroxylation is 1. The van der Waals surface area contributed by atoms with Crippen LogP contribution in [0.4, 0.5) is 5.69 Å². The number of ether oxygens (including phenoxy) is 1. The SMILES string of the molecule is CC1=C(C(=O)NCCN2CCN(c3cccc(C)c3C)CC2)C2(CCCCCC2)OC1=O. The van der Waals surface area contributed by atoms with Gasteiger partial charge in [0.1, 0.15) is 5.60 Å². The Morgan fingerprint density at radius 2 is 1.72 bits per heavy atom. The van der Waals surface area contributed by atoms with Gasteiger partial charge in [-0.05, 0) is 63.6 Å².